The molecule has 0 amide bonds. The lowest BCUT2D eigenvalue weighted by molar-refractivity contribution is -0.164. The monoisotopic (exact) mass is 391 g/mol. The van der Waals surface area contributed by atoms with Crippen LogP contribution in [0.15, 0.2) is 28.7 Å². The summed E-state index contributed by atoms with van der Waals surface area (Å²) in [5.74, 6) is 0. The smallest absolute Gasteiger partial charge is 0.350 e. The number of rotatable bonds is 1. The fourth-order valence-electron chi connectivity index (χ4n) is 1.77. The van der Waals surface area contributed by atoms with Gasteiger partial charge in [0.25, 0.3) is 0 Å². The van der Waals surface area contributed by atoms with Crippen LogP contribution < -0.4 is 0 Å². The number of aromatic nitrogens is 1. The lowest BCUT2D eigenvalue weighted by atomic mass is 10.1. The Hall–Kier alpha value is -1.15. The molecular weight excluding hydrogens is 387 g/mol. The maximum Gasteiger partial charge on any atom is 0.431 e. The highest BCUT2D eigenvalue weighted by atomic mass is 79.9. The van der Waals surface area contributed by atoms with E-state index in [-0.39, 0.29) is 11.3 Å². The molecule has 0 unspecified atom stereocenters. The van der Waals surface area contributed by atoms with Crippen LogP contribution >= 0.6 is 27.5 Å². The first-order chi connectivity index (χ1) is 9.51. The Morgan fingerprint density at radius 1 is 0.905 bits per heavy atom. The molecule has 0 atom stereocenters. The van der Waals surface area contributed by atoms with E-state index < -0.39 is 28.1 Å². The van der Waals surface area contributed by atoms with E-state index in [1.165, 1.54) is 24.3 Å². The summed E-state index contributed by atoms with van der Waals surface area (Å²) in [6.45, 7) is 0. The molecule has 0 radical (unpaired) electrons. The molecule has 1 nitrogen and oxygen atoms in total. The molecule has 21 heavy (non-hydrogen) atoms. The Kier molecular flexibility index (Phi) is 4.05. The van der Waals surface area contributed by atoms with Crippen molar-refractivity contribution in [1.82, 2.24) is 4.98 Å². The van der Waals surface area contributed by atoms with Crippen LogP contribution in [0.5, 0.6) is 0 Å². The molecular formula is C12H5BrClF6N. The van der Waals surface area contributed by atoms with E-state index in [2.05, 4.69) is 15.9 Å². The maximum atomic E-state index is 12.9. The van der Waals surface area contributed by atoms with Gasteiger partial charge < -0.3 is 4.98 Å². The molecule has 2 aromatic rings. The number of aromatic amines is 1. The second-order valence-corrected chi connectivity index (χ2v) is 5.30. The number of hydrogen-bond acceptors (Lipinski definition) is 0. The molecule has 0 fully saturated rings. The molecule has 2 rings (SSSR count). The van der Waals surface area contributed by atoms with Gasteiger partial charge in [-0.25, -0.2) is 0 Å². The predicted molar refractivity (Wildman–Crippen MR) is 68.9 cm³/mol. The zero-order chi connectivity index (χ0) is 16.0. The van der Waals surface area contributed by atoms with Crippen molar-refractivity contribution in [2.24, 2.45) is 0 Å². The molecule has 1 aromatic carbocycles. The van der Waals surface area contributed by atoms with Crippen molar-refractivity contribution >= 4 is 27.5 Å². The van der Waals surface area contributed by atoms with Crippen LogP contribution in [0, 0.1) is 0 Å². The van der Waals surface area contributed by atoms with Crippen molar-refractivity contribution in [3.8, 4) is 11.3 Å². The number of hydrogen-bond donors (Lipinski definition) is 1. The molecule has 0 bridgehead atoms. The highest BCUT2D eigenvalue weighted by molar-refractivity contribution is 9.10. The van der Waals surface area contributed by atoms with Gasteiger partial charge in [-0.15, -0.1) is 0 Å². The summed E-state index contributed by atoms with van der Waals surface area (Å²) in [7, 11) is 0. The first kappa shape index (κ1) is 16.2. The second kappa shape index (κ2) is 5.24. The number of benzene rings is 1. The molecule has 1 aromatic heterocycles. The summed E-state index contributed by atoms with van der Waals surface area (Å²) in [5, 5.41) is 0.313. The topological polar surface area (TPSA) is 15.8 Å². The molecule has 1 heterocycles. The van der Waals surface area contributed by atoms with E-state index in [0.717, 1.165) is 0 Å². The average Bonchev–Trinajstić information content (AvgIpc) is 2.67. The van der Waals surface area contributed by atoms with Gasteiger partial charge in [0.1, 0.15) is 11.3 Å². The van der Waals surface area contributed by atoms with Crippen LogP contribution in [-0.4, -0.2) is 4.98 Å². The predicted octanol–water partition coefficient (Wildman–Crippen LogP) is 6.14. The fraction of sp³-hybridized carbons (Fsp3) is 0.167. The van der Waals surface area contributed by atoms with Gasteiger partial charge in [0.15, 0.2) is 0 Å². The van der Waals surface area contributed by atoms with Crippen LogP contribution in [-0.2, 0) is 12.4 Å². The largest absolute Gasteiger partial charge is 0.431 e. The van der Waals surface area contributed by atoms with Crippen molar-refractivity contribution in [1.29, 1.82) is 0 Å². The van der Waals surface area contributed by atoms with Gasteiger partial charge >= 0.3 is 12.4 Å². The summed E-state index contributed by atoms with van der Waals surface area (Å²) < 4.78 is 76.2. The number of halogens is 8. The third-order valence-electron chi connectivity index (χ3n) is 2.64. The van der Waals surface area contributed by atoms with E-state index >= 15 is 0 Å². The van der Waals surface area contributed by atoms with Gasteiger partial charge in [0, 0.05) is 5.02 Å². The van der Waals surface area contributed by atoms with Crippen molar-refractivity contribution in [3.63, 3.8) is 0 Å². The Morgan fingerprint density at radius 2 is 1.43 bits per heavy atom. The molecule has 0 aliphatic heterocycles. The van der Waals surface area contributed by atoms with E-state index in [4.69, 9.17) is 11.6 Å². The molecule has 0 saturated carbocycles. The van der Waals surface area contributed by atoms with Crippen LogP contribution in [0.3, 0.4) is 0 Å². The molecule has 1 N–H and O–H groups in total. The average molecular weight is 393 g/mol. The Morgan fingerprint density at radius 3 is 1.81 bits per heavy atom. The molecule has 114 valence electrons. The van der Waals surface area contributed by atoms with Crippen molar-refractivity contribution in [3.05, 3.63) is 45.0 Å². The maximum absolute atomic E-state index is 12.9. The third-order valence-corrected chi connectivity index (χ3v) is 3.68. The van der Waals surface area contributed by atoms with Crippen molar-refractivity contribution < 1.29 is 26.3 Å². The highest BCUT2D eigenvalue weighted by Gasteiger charge is 2.47. The fourth-order valence-corrected chi connectivity index (χ4v) is 2.65. The van der Waals surface area contributed by atoms with Crippen molar-refractivity contribution in [2.75, 3.05) is 0 Å². The first-order valence-corrected chi connectivity index (χ1v) is 6.50. The zero-order valence-corrected chi connectivity index (χ0v) is 12.2. The van der Waals surface area contributed by atoms with Gasteiger partial charge in [-0.1, -0.05) is 23.7 Å². The summed E-state index contributed by atoms with van der Waals surface area (Å²) in [5.41, 5.74) is -3.79. The Balaban J connectivity index is 2.70. The molecule has 0 aliphatic carbocycles. The molecule has 0 aliphatic rings. The van der Waals surface area contributed by atoms with Gasteiger partial charge in [-0.05, 0) is 33.6 Å². The summed E-state index contributed by atoms with van der Waals surface area (Å²) in [6, 6.07) is 5.37. The minimum Gasteiger partial charge on any atom is -0.350 e. The van der Waals surface area contributed by atoms with Gasteiger partial charge in [0.2, 0.25) is 0 Å². The third kappa shape index (κ3) is 3.21. The number of nitrogens with one attached hydrogen (secondary N) is 1. The minimum atomic E-state index is -5.15. The van der Waals surface area contributed by atoms with E-state index in [1.54, 1.807) is 4.98 Å². The molecule has 9 heteroatoms. The van der Waals surface area contributed by atoms with Crippen LogP contribution in [0.1, 0.15) is 11.3 Å². The van der Waals surface area contributed by atoms with E-state index in [0.29, 0.717) is 5.02 Å². The lowest BCUT2D eigenvalue weighted by Gasteiger charge is -2.10. The SMILES string of the molecule is FC(F)(F)c1[nH]c(-c2ccc(Cl)cc2)c(Br)c1C(F)(F)F. The number of alkyl halides is 6. The normalized spacial score (nSPS) is 12.8. The standard InChI is InChI=1S/C12H5BrClF6N/c13-8-7(11(15,16)17)10(12(18,19)20)21-9(8)5-1-3-6(14)4-2-5/h1-4,21H. The van der Waals surface area contributed by atoms with Crippen molar-refractivity contribution in [2.45, 2.75) is 12.4 Å². The Labute approximate surface area is 128 Å². The molecule has 0 saturated heterocycles. The summed E-state index contributed by atoms with van der Waals surface area (Å²) >= 11 is 8.24. The first-order valence-electron chi connectivity index (χ1n) is 5.33. The van der Waals surface area contributed by atoms with Gasteiger partial charge in [0.05, 0.1) is 10.2 Å². The summed E-state index contributed by atoms with van der Waals surface area (Å²) in [4.78, 5) is 1.80. The zero-order valence-electron chi connectivity index (χ0n) is 9.83. The van der Waals surface area contributed by atoms with Crippen LogP contribution in [0.4, 0.5) is 26.3 Å². The molecule has 0 spiro atoms. The lowest BCUT2D eigenvalue weighted by Crippen LogP contribution is -2.15. The Bertz CT molecular complexity index is 656. The van der Waals surface area contributed by atoms with E-state index in [1.807, 2.05) is 0 Å². The number of H-pyrrole nitrogens is 1. The van der Waals surface area contributed by atoms with E-state index in [9.17, 15) is 26.3 Å². The second-order valence-electron chi connectivity index (χ2n) is 4.07. The minimum absolute atomic E-state index is 0.146. The van der Waals surface area contributed by atoms with Gasteiger partial charge in [-0.2, -0.15) is 26.3 Å². The summed E-state index contributed by atoms with van der Waals surface area (Å²) in [6.07, 6.45) is -10.3. The van der Waals surface area contributed by atoms with Gasteiger partial charge in [-0.3, -0.25) is 0 Å². The van der Waals surface area contributed by atoms with Crippen LogP contribution in [0.25, 0.3) is 11.3 Å². The highest BCUT2D eigenvalue weighted by Crippen LogP contribution is 2.47. The van der Waals surface area contributed by atoms with Crippen LogP contribution in [0.2, 0.25) is 5.02 Å². The quantitative estimate of drug-likeness (QED) is 0.562.